The van der Waals surface area contributed by atoms with Crippen LogP contribution in [0.1, 0.15) is 64.2 Å². The van der Waals surface area contributed by atoms with Crippen molar-refractivity contribution in [2.24, 2.45) is 23.7 Å². The molecule has 1 nitrogen and oxygen atoms in total. The molecule has 0 saturated heterocycles. The van der Waals surface area contributed by atoms with Gasteiger partial charge in [-0.1, -0.05) is 17.6 Å². The number of allylic oxidation sites excluding steroid dienone is 2. The van der Waals surface area contributed by atoms with Crippen LogP contribution in [0.25, 0.3) is 0 Å². The van der Waals surface area contributed by atoms with Gasteiger partial charge >= 0.3 is 0 Å². The van der Waals surface area contributed by atoms with Gasteiger partial charge in [-0.15, -0.1) is 0 Å². The van der Waals surface area contributed by atoms with Crippen LogP contribution in [0.15, 0.2) is 11.1 Å². The molecular weight excluding hydrogens is 220 g/mol. The van der Waals surface area contributed by atoms with Gasteiger partial charge in [0.15, 0.2) is 0 Å². The van der Waals surface area contributed by atoms with E-state index in [1.165, 1.54) is 57.8 Å². The lowest BCUT2D eigenvalue weighted by atomic mass is 9.61. The summed E-state index contributed by atoms with van der Waals surface area (Å²) >= 11 is 0. The van der Waals surface area contributed by atoms with Crippen LogP contribution in [-0.2, 0) is 4.79 Å². The van der Waals surface area contributed by atoms with E-state index < -0.39 is 0 Å². The zero-order chi connectivity index (χ0) is 12.1. The minimum atomic E-state index is 0.458. The minimum Gasteiger partial charge on any atom is -0.299 e. The first-order chi connectivity index (χ1) is 8.84. The summed E-state index contributed by atoms with van der Waals surface area (Å²) in [5.74, 6) is 3.56. The Morgan fingerprint density at radius 1 is 0.722 bits per heavy atom. The first kappa shape index (κ1) is 11.3. The van der Waals surface area contributed by atoms with Crippen LogP contribution in [0.5, 0.6) is 0 Å². The van der Waals surface area contributed by atoms with Gasteiger partial charge in [0.1, 0.15) is 5.78 Å². The molecule has 4 unspecified atom stereocenters. The molecule has 3 saturated carbocycles. The van der Waals surface area contributed by atoms with Gasteiger partial charge in [-0.05, 0) is 69.1 Å². The topological polar surface area (TPSA) is 17.1 Å². The molecule has 3 fully saturated rings. The number of hydrogen-bond acceptors (Lipinski definition) is 1. The molecule has 4 aliphatic carbocycles. The van der Waals surface area contributed by atoms with Crippen molar-refractivity contribution in [1.29, 1.82) is 0 Å². The van der Waals surface area contributed by atoms with Crippen molar-refractivity contribution < 1.29 is 4.79 Å². The summed E-state index contributed by atoms with van der Waals surface area (Å²) in [7, 11) is 0. The fraction of sp³-hybridized carbons (Fsp3) is 0.824. The van der Waals surface area contributed by atoms with E-state index in [1.54, 1.807) is 0 Å². The van der Waals surface area contributed by atoms with Crippen LogP contribution in [-0.4, -0.2) is 5.78 Å². The average molecular weight is 244 g/mol. The van der Waals surface area contributed by atoms with E-state index in [0.29, 0.717) is 11.7 Å². The summed E-state index contributed by atoms with van der Waals surface area (Å²) in [5, 5.41) is 0. The lowest BCUT2D eigenvalue weighted by Crippen LogP contribution is -2.34. The van der Waals surface area contributed by atoms with Crippen LogP contribution in [0.2, 0.25) is 0 Å². The molecule has 0 aromatic rings. The predicted octanol–water partition coefficient (Wildman–Crippen LogP) is 4.27. The van der Waals surface area contributed by atoms with Crippen molar-refractivity contribution in [3.8, 4) is 0 Å². The van der Waals surface area contributed by atoms with Gasteiger partial charge in [0, 0.05) is 12.3 Å². The van der Waals surface area contributed by atoms with E-state index in [0.717, 1.165) is 24.2 Å². The molecule has 0 aliphatic heterocycles. The zero-order valence-electron chi connectivity index (χ0n) is 11.3. The minimum absolute atomic E-state index is 0.458. The van der Waals surface area contributed by atoms with Crippen LogP contribution < -0.4 is 0 Å². The molecule has 0 heterocycles. The average Bonchev–Trinajstić information content (AvgIpc) is 2.80. The smallest absolute Gasteiger partial charge is 0.136 e. The normalized spacial score (nSPS) is 43.4. The number of ketones is 1. The highest BCUT2D eigenvalue weighted by molar-refractivity contribution is 5.83. The van der Waals surface area contributed by atoms with E-state index in [-0.39, 0.29) is 0 Å². The Labute approximate surface area is 110 Å². The molecule has 0 spiro atoms. The number of carbonyl (C=O) groups is 1. The van der Waals surface area contributed by atoms with Gasteiger partial charge in [0.25, 0.3) is 0 Å². The van der Waals surface area contributed by atoms with Crippen LogP contribution in [0, 0.1) is 23.7 Å². The fourth-order valence-electron chi connectivity index (χ4n) is 5.54. The van der Waals surface area contributed by atoms with Gasteiger partial charge < -0.3 is 0 Å². The van der Waals surface area contributed by atoms with Crippen molar-refractivity contribution in [2.75, 3.05) is 0 Å². The maximum Gasteiger partial charge on any atom is 0.136 e. The van der Waals surface area contributed by atoms with Crippen molar-refractivity contribution in [1.82, 2.24) is 0 Å². The fourth-order valence-corrected chi connectivity index (χ4v) is 5.54. The lowest BCUT2D eigenvalue weighted by molar-refractivity contribution is -0.122. The Kier molecular flexibility index (Phi) is 2.63. The third-order valence-corrected chi connectivity index (χ3v) is 6.32. The summed E-state index contributed by atoms with van der Waals surface area (Å²) in [5.41, 5.74) is 3.72. The van der Waals surface area contributed by atoms with Crippen molar-refractivity contribution in [2.45, 2.75) is 64.2 Å². The van der Waals surface area contributed by atoms with E-state index in [1.807, 2.05) is 11.1 Å². The maximum absolute atomic E-state index is 11.9. The van der Waals surface area contributed by atoms with Crippen molar-refractivity contribution >= 4 is 5.78 Å². The molecule has 0 radical (unpaired) electrons. The number of fused-ring (bicyclic) bond motifs is 4. The Morgan fingerprint density at radius 2 is 1.67 bits per heavy atom. The molecule has 98 valence electrons. The second-order valence-electron chi connectivity index (χ2n) is 6.99. The Bertz CT molecular complexity index is 406. The predicted molar refractivity (Wildman–Crippen MR) is 72.2 cm³/mol. The van der Waals surface area contributed by atoms with Crippen LogP contribution in [0.3, 0.4) is 0 Å². The lowest BCUT2D eigenvalue weighted by Gasteiger charge is -2.44. The molecule has 0 aromatic heterocycles. The first-order valence-electron chi connectivity index (χ1n) is 8.09. The van der Waals surface area contributed by atoms with Gasteiger partial charge in [0.05, 0.1) is 0 Å². The number of carbonyl (C=O) groups excluding carboxylic acids is 1. The highest BCUT2D eigenvalue weighted by Gasteiger charge is 2.46. The SMILES string of the molecule is O=C1CCC2C1CCC1=C3CCCCC3CCC12. The molecule has 0 bridgehead atoms. The Hall–Kier alpha value is -0.590. The van der Waals surface area contributed by atoms with E-state index >= 15 is 0 Å². The monoisotopic (exact) mass is 244 g/mol. The standard InChI is InChI=1S/C17H24O/c18-17-10-9-15-14-6-5-11-3-1-2-4-12(11)13(14)7-8-16(15)17/h11,14-16H,1-10H2. The summed E-state index contributed by atoms with van der Waals surface area (Å²) in [4.78, 5) is 11.9. The molecule has 4 atom stereocenters. The highest BCUT2D eigenvalue weighted by atomic mass is 16.1. The third-order valence-electron chi connectivity index (χ3n) is 6.32. The van der Waals surface area contributed by atoms with Crippen molar-refractivity contribution in [3.63, 3.8) is 0 Å². The van der Waals surface area contributed by atoms with E-state index in [4.69, 9.17) is 0 Å². The molecule has 4 aliphatic rings. The summed E-state index contributed by atoms with van der Waals surface area (Å²) < 4.78 is 0. The summed E-state index contributed by atoms with van der Waals surface area (Å²) in [6.45, 7) is 0. The maximum atomic E-state index is 11.9. The van der Waals surface area contributed by atoms with Gasteiger partial charge in [0.2, 0.25) is 0 Å². The van der Waals surface area contributed by atoms with Gasteiger partial charge in [-0.3, -0.25) is 4.79 Å². The molecule has 1 heteroatoms. The van der Waals surface area contributed by atoms with Crippen LogP contribution in [0.4, 0.5) is 0 Å². The third kappa shape index (κ3) is 1.55. The van der Waals surface area contributed by atoms with Gasteiger partial charge in [-0.2, -0.15) is 0 Å². The number of hydrogen-bond donors (Lipinski definition) is 0. The number of Topliss-reactive ketones (excluding diaryl/α,β-unsaturated/α-hetero) is 1. The summed E-state index contributed by atoms with van der Waals surface area (Å²) in [6.07, 6.45) is 13.1. The second kappa shape index (κ2) is 4.21. The number of rotatable bonds is 0. The highest BCUT2D eigenvalue weighted by Crippen LogP contribution is 2.54. The van der Waals surface area contributed by atoms with Crippen LogP contribution >= 0.6 is 0 Å². The molecule has 0 amide bonds. The van der Waals surface area contributed by atoms with Gasteiger partial charge in [-0.25, -0.2) is 0 Å². The molecule has 18 heavy (non-hydrogen) atoms. The quantitative estimate of drug-likeness (QED) is 0.581. The Balaban J connectivity index is 1.68. The largest absolute Gasteiger partial charge is 0.299 e. The van der Waals surface area contributed by atoms with E-state index in [2.05, 4.69) is 0 Å². The molecule has 0 N–H and O–H groups in total. The molecular formula is C17H24O. The Morgan fingerprint density at radius 3 is 2.61 bits per heavy atom. The molecule has 4 rings (SSSR count). The first-order valence-corrected chi connectivity index (χ1v) is 8.09. The molecule has 0 aromatic carbocycles. The zero-order valence-corrected chi connectivity index (χ0v) is 11.3. The van der Waals surface area contributed by atoms with Crippen molar-refractivity contribution in [3.05, 3.63) is 11.1 Å². The second-order valence-corrected chi connectivity index (χ2v) is 6.99. The van der Waals surface area contributed by atoms with E-state index in [9.17, 15) is 4.79 Å². The summed E-state index contributed by atoms with van der Waals surface area (Å²) in [6, 6.07) is 0.